The third kappa shape index (κ3) is 3.33. The van der Waals surface area contributed by atoms with Gasteiger partial charge in [0.2, 0.25) is 0 Å². The highest BCUT2D eigenvalue weighted by molar-refractivity contribution is 5.75. The van der Waals surface area contributed by atoms with Gasteiger partial charge in [-0.1, -0.05) is 0 Å². The van der Waals surface area contributed by atoms with Crippen LogP contribution in [0.5, 0.6) is 0 Å². The first kappa shape index (κ1) is 19.4. The summed E-state index contributed by atoms with van der Waals surface area (Å²) >= 11 is 0. The fourth-order valence-electron chi connectivity index (χ4n) is 5.03. The lowest BCUT2D eigenvalue weighted by atomic mass is 10.0. The molecule has 1 fully saturated rings. The van der Waals surface area contributed by atoms with E-state index in [1.54, 1.807) is 7.05 Å². The van der Waals surface area contributed by atoms with Gasteiger partial charge >= 0.3 is 6.03 Å². The maximum absolute atomic E-state index is 12.4. The van der Waals surface area contributed by atoms with Gasteiger partial charge in [0.15, 0.2) is 5.82 Å². The number of carbonyl (C=O) groups excluding carboxylic acids is 1. The van der Waals surface area contributed by atoms with Gasteiger partial charge in [0, 0.05) is 56.7 Å². The Morgan fingerprint density at radius 2 is 2.07 bits per heavy atom. The summed E-state index contributed by atoms with van der Waals surface area (Å²) in [6.07, 6.45) is 6.97. The van der Waals surface area contributed by atoms with Crippen LogP contribution in [0.15, 0.2) is 12.3 Å². The number of anilines is 2. The number of fused-ring (bicyclic) bond motifs is 2. The molecule has 0 aliphatic carbocycles. The summed E-state index contributed by atoms with van der Waals surface area (Å²) in [4.78, 5) is 21.1. The molecule has 8 nitrogen and oxygen atoms in total. The first-order chi connectivity index (χ1) is 14.7. The Kier molecular flexibility index (Phi) is 5.10. The van der Waals surface area contributed by atoms with E-state index in [9.17, 15) is 4.79 Å². The molecule has 0 bridgehead atoms. The van der Waals surface area contributed by atoms with Crippen molar-refractivity contribution in [1.29, 1.82) is 0 Å². The number of amides is 2. The summed E-state index contributed by atoms with van der Waals surface area (Å²) in [5.41, 5.74) is 6.01. The molecule has 3 aliphatic heterocycles. The molecular weight excluding hydrogens is 380 g/mol. The molecule has 2 amide bonds. The van der Waals surface area contributed by atoms with Crippen LogP contribution in [0.2, 0.25) is 0 Å². The summed E-state index contributed by atoms with van der Waals surface area (Å²) in [6.45, 7) is 5.86. The van der Waals surface area contributed by atoms with E-state index in [1.165, 1.54) is 16.8 Å². The second-order valence-corrected chi connectivity index (χ2v) is 8.47. The quantitative estimate of drug-likeness (QED) is 0.824. The third-order valence-corrected chi connectivity index (χ3v) is 6.58. The van der Waals surface area contributed by atoms with E-state index in [2.05, 4.69) is 25.9 Å². The molecule has 5 rings (SSSR count). The molecule has 0 atom stereocenters. The number of hydrogen-bond acceptors (Lipinski definition) is 5. The maximum atomic E-state index is 12.4. The molecule has 0 unspecified atom stereocenters. The van der Waals surface area contributed by atoms with Crippen molar-refractivity contribution in [1.82, 2.24) is 25.0 Å². The monoisotopic (exact) mass is 410 g/mol. The predicted molar refractivity (Wildman–Crippen MR) is 114 cm³/mol. The molecule has 0 saturated carbocycles. The summed E-state index contributed by atoms with van der Waals surface area (Å²) < 4.78 is 7.84. The summed E-state index contributed by atoms with van der Waals surface area (Å²) in [7, 11) is 1.69. The number of hydrogen-bond donors (Lipinski definition) is 1. The van der Waals surface area contributed by atoms with Gasteiger partial charge in [0.05, 0.1) is 24.5 Å². The summed E-state index contributed by atoms with van der Waals surface area (Å²) in [5, 5.41) is 7.96. The molecule has 3 aliphatic rings. The van der Waals surface area contributed by atoms with Crippen molar-refractivity contribution in [2.75, 3.05) is 38.3 Å². The van der Waals surface area contributed by atoms with Crippen molar-refractivity contribution in [2.45, 2.75) is 51.6 Å². The number of pyridine rings is 1. The Bertz CT molecular complexity index is 949. The standard InChI is InChI=1S/C22H30N6O2/c1-15-12-16-4-3-8-27(20(16)13-24-15)21-18-14-26(22(29)23-2)9-5-19(18)28(25-21)17-6-10-30-11-7-17/h12-13,17H,3-11,14H2,1-2H3,(H,23,29). The number of aromatic nitrogens is 3. The minimum atomic E-state index is -0.0262. The molecule has 0 aromatic carbocycles. The lowest BCUT2D eigenvalue weighted by Gasteiger charge is -2.32. The molecule has 1 saturated heterocycles. The zero-order valence-electron chi connectivity index (χ0n) is 17.9. The number of ether oxygens (including phenoxy) is 1. The molecule has 8 heteroatoms. The van der Waals surface area contributed by atoms with Gasteiger partial charge in [0.25, 0.3) is 0 Å². The Balaban J connectivity index is 1.58. The van der Waals surface area contributed by atoms with Gasteiger partial charge < -0.3 is 19.9 Å². The van der Waals surface area contributed by atoms with Crippen LogP contribution in [0.4, 0.5) is 16.3 Å². The number of urea groups is 1. The second-order valence-electron chi connectivity index (χ2n) is 8.47. The average molecular weight is 411 g/mol. The second kappa shape index (κ2) is 7.91. The van der Waals surface area contributed by atoms with E-state index in [0.717, 1.165) is 75.6 Å². The summed E-state index contributed by atoms with van der Waals surface area (Å²) in [5.74, 6) is 0.997. The lowest BCUT2D eigenvalue weighted by Crippen LogP contribution is -2.42. The van der Waals surface area contributed by atoms with Crippen LogP contribution in [0.25, 0.3) is 0 Å². The number of nitrogens with zero attached hydrogens (tertiary/aromatic N) is 5. The number of rotatable bonds is 2. The molecule has 2 aromatic heterocycles. The normalized spacial score (nSPS) is 19.4. The molecule has 0 spiro atoms. The minimum absolute atomic E-state index is 0.0262. The molecule has 5 heterocycles. The maximum Gasteiger partial charge on any atom is 0.317 e. The average Bonchev–Trinajstić information content (AvgIpc) is 3.17. The van der Waals surface area contributed by atoms with E-state index in [0.29, 0.717) is 12.6 Å². The van der Waals surface area contributed by atoms with Gasteiger partial charge in [-0.25, -0.2) is 4.79 Å². The number of aryl methyl sites for hydroxylation is 2. The van der Waals surface area contributed by atoms with Crippen molar-refractivity contribution >= 4 is 17.5 Å². The van der Waals surface area contributed by atoms with Gasteiger partial charge in [0.1, 0.15) is 0 Å². The van der Waals surface area contributed by atoms with Crippen molar-refractivity contribution < 1.29 is 9.53 Å². The van der Waals surface area contributed by atoms with Crippen molar-refractivity contribution in [2.24, 2.45) is 0 Å². The molecule has 1 N–H and O–H groups in total. The Hall–Kier alpha value is -2.61. The molecule has 2 aromatic rings. The Morgan fingerprint density at radius 1 is 1.23 bits per heavy atom. The van der Waals surface area contributed by atoms with Crippen LogP contribution >= 0.6 is 0 Å². The smallest absolute Gasteiger partial charge is 0.317 e. The first-order valence-corrected chi connectivity index (χ1v) is 11.0. The van der Waals surface area contributed by atoms with Crippen molar-refractivity contribution in [3.05, 3.63) is 34.8 Å². The van der Waals surface area contributed by atoms with Crippen LogP contribution in [-0.4, -0.2) is 59.0 Å². The van der Waals surface area contributed by atoms with Crippen LogP contribution in [0.1, 0.15) is 47.8 Å². The molecule has 0 radical (unpaired) electrons. The van der Waals surface area contributed by atoms with Crippen molar-refractivity contribution in [3.63, 3.8) is 0 Å². The van der Waals surface area contributed by atoms with Gasteiger partial charge in [-0.2, -0.15) is 5.10 Å². The topological polar surface area (TPSA) is 75.5 Å². The highest BCUT2D eigenvalue weighted by atomic mass is 16.5. The molecule has 30 heavy (non-hydrogen) atoms. The van der Waals surface area contributed by atoms with Crippen LogP contribution < -0.4 is 10.2 Å². The zero-order chi connectivity index (χ0) is 20.7. The van der Waals surface area contributed by atoms with E-state index < -0.39 is 0 Å². The number of carbonyl (C=O) groups is 1. The Morgan fingerprint density at radius 3 is 2.87 bits per heavy atom. The lowest BCUT2D eigenvalue weighted by molar-refractivity contribution is 0.0651. The van der Waals surface area contributed by atoms with Crippen LogP contribution in [-0.2, 0) is 24.1 Å². The molecular formula is C22H30N6O2. The van der Waals surface area contributed by atoms with Crippen LogP contribution in [0, 0.1) is 6.92 Å². The van der Waals surface area contributed by atoms with Gasteiger partial charge in [-0.15, -0.1) is 0 Å². The van der Waals surface area contributed by atoms with Crippen LogP contribution in [0.3, 0.4) is 0 Å². The molecule has 160 valence electrons. The van der Waals surface area contributed by atoms with Gasteiger partial charge in [-0.3, -0.25) is 9.67 Å². The third-order valence-electron chi connectivity index (χ3n) is 6.58. The van der Waals surface area contributed by atoms with E-state index in [1.807, 2.05) is 18.0 Å². The first-order valence-electron chi connectivity index (χ1n) is 11.0. The fourth-order valence-corrected chi connectivity index (χ4v) is 5.03. The predicted octanol–water partition coefficient (Wildman–Crippen LogP) is 2.72. The number of nitrogens with one attached hydrogen (secondary N) is 1. The van der Waals surface area contributed by atoms with E-state index in [-0.39, 0.29) is 6.03 Å². The highest BCUT2D eigenvalue weighted by Crippen LogP contribution is 2.39. The van der Waals surface area contributed by atoms with E-state index >= 15 is 0 Å². The fraction of sp³-hybridized carbons (Fsp3) is 0.591. The largest absolute Gasteiger partial charge is 0.381 e. The highest BCUT2D eigenvalue weighted by Gasteiger charge is 2.33. The van der Waals surface area contributed by atoms with E-state index in [4.69, 9.17) is 9.84 Å². The van der Waals surface area contributed by atoms with Gasteiger partial charge in [-0.05, 0) is 44.2 Å². The minimum Gasteiger partial charge on any atom is -0.381 e. The Labute approximate surface area is 177 Å². The zero-order valence-corrected chi connectivity index (χ0v) is 17.9. The van der Waals surface area contributed by atoms with Crippen molar-refractivity contribution in [3.8, 4) is 0 Å². The SMILES string of the molecule is CNC(=O)N1CCc2c(c(N3CCCc4cc(C)ncc43)nn2C2CCOCC2)C1. The summed E-state index contributed by atoms with van der Waals surface area (Å²) in [6, 6.07) is 2.54.